The molecule has 0 saturated carbocycles. The van der Waals surface area contributed by atoms with Gasteiger partial charge < -0.3 is 14.9 Å². The maximum Gasteiger partial charge on any atom is 0.157 e. The van der Waals surface area contributed by atoms with Gasteiger partial charge in [-0.05, 0) is 72.9 Å². The molecular weight excluding hydrogens is 420 g/mol. The van der Waals surface area contributed by atoms with Crippen molar-refractivity contribution >= 4 is 39.9 Å². The number of aromatic nitrogens is 5. The van der Waals surface area contributed by atoms with E-state index < -0.39 is 0 Å². The minimum atomic E-state index is 0.724. The minimum Gasteiger partial charge on any atom is -0.371 e. The fraction of sp³-hybridized carbons (Fsp3) is 0.179. The van der Waals surface area contributed by atoms with Gasteiger partial charge in [-0.25, -0.2) is 9.97 Å². The summed E-state index contributed by atoms with van der Waals surface area (Å²) in [5, 5.41) is 0. The Labute approximate surface area is 198 Å². The van der Waals surface area contributed by atoms with E-state index in [9.17, 15) is 0 Å². The predicted octanol–water partition coefficient (Wildman–Crippen LogP) is 6.44. The Morgan fingerprint density at radius 2 is 1.47 bits per heavy atom. The first-order valence-corrected chi connectivity index (χ1v) is 11.7. The molecule has 1 aliphatic rings. The van der Waals surface area contributed by atoms with Gasteiger partial charge in [-0.2, -0.15) is 0 Å². The van der Waals surface area contributed by atoms with Crippen molar-refractivity contribution in [2.45, 2.75) is 19.3 Å². The van der Waals surface area contributed by atoms with Crippen LogP contribution in [0.1, 0.15) is 30.4 Å². The molecule has 34 heavy (non-hydrogen) atoms. The fourth-order valence-corrected chi connectivity index (χ4v) is 4.72. The van der Waals surface area contributed by atoms with Crippen molar-refractivity contribution in [2.75, 3.05) is 18.0 Å². The van der Waals surface area contributed by atoms with Crippen LogP contribution in [0, 0.1) is 0 Å². The highest BCUT2D eigenvalue weighted by molar-refractivity contribution is 5.87. The first-order valence-electron chi connectivity index (χ1n) is 11.7. The van der Waals surface area contributed by atoms with Crippen LogP contribution in [0.4, 0.5) is 5.69 Å². The van der Waals surface area contributed by atoms with Crippen LogP contribution in [0.15, 0.2) is 61.8 Å². The third-order valence-corrected chi connectivity index (χ3v) is 6.59. The summed E-state index contributed by atoms with van der Waals surface area (Å²) in [4.78, 5) is 23.5. The highest BCUT2D eigenvalue weighted by Crippen LogP contribution is 2.29. The van der Waals surface area contributed by atoms with E-state index in [4.69, 9.17) is 9.97 Å². The Morgan fingerprint density at radius 3 is 2.26 bits per heavy atom. The van der Waals surface area contributed by atoms with Gasteiger partial charge in [0.25, 0.3) is 0 Å². The van der Waals surface area contributed by atoms with E-state index in [-0.39, 0.29) is 0 Å². The van der Waals surface area contributed by atoms with Gasteiger partial charge in [0.2, 0.25) is 0 Å². The Morgan fingerprint density at radius 1 is 0.765 bits per heavy atom. The first-order chi connectivity index (χ1) is 16.7. The molecule has 5 aromatic rings. The van der Waals surface area contributed by atoms with Crippen molar-refractivity contribution < 1.29 is 0 Å². The molecule has 6 heteroatoms. The molecule has 0 radical (unpaired) electrons. The molecule has 2 aromatic carbocycles. The Hall–Kier alpha value is -4.19. The van der Waals surface area contributed by atoms with Crippen LogP contribution in [-0.4, -0.2) is 38.0 Å². The summed E-state index contributed by atoms with van der Waals surface area (Å²) in [6.45, 7) is 9.99. The molecular formula is C28H26N6. The summed E-state index contributed by atoms with van der Waals surface area (Å²) >= 11 is 0. The monoisotopic (exact) mass is 446 g/mol. The second kappa shape index (κ2) is 8.30. The van der Waals surface area contributed by atoms with E-state index in [0.717, 1.165) is 69.2 Å². The Kier molecular flexibility index (Phi) is 4.99. The zero-order valence-electron chi connectivity index (χ0n) is 19.0. The minimum absolute atomic E-state index is 0.724. The third kappa shape index (κ3) is 3.57. The maximum absolute atomic E-state index is 4.84. The van der Waals surface area contributed by atoms with Crippen LogP contribution in [0.3, 0.4) is 0 Å². The number of pyridine rings is 1. The summed E-state index contributed by atoms with van der Waals surface area (Å²) in [5.41, 5.74) is 8.85. The van der Waals surface area contributed by atoms with Crippen molar-refractivity contribution in [2.24, 2.45) is 0 Å². The lowest BCUT2D eigenvalue weighted by atomic mass is 10.1. The fourth-order valence-electron chi connectivity index (χ4n) is 4.72. The number of hydrogen-bond donors (Lipinski definition) is 2. The molecule has 6 rings (SSSR count). The number of anilines is 1. The van der Waals surface area contributed by atoms with Gasteiger partial charge in [-0.15, -0.1) is 0 Å². The molecule has 3 aromatic heterocycles. The van der Waals surface area contributed by atoms with E-state index >= 15 is 0 Å². The molecule has 4 heterocycles. The molecule has 0 unspecified atom stereocenters. The largest absolute Gasteiger partial charge is 0.371 e. The highest BCUT2D eigenvalue weighted by Gasteiger charge is 2.14. The second-order valence-corrected chi connectivity index (χ2v) is 8.76. The lowest BCUT2D eigenvalue weighted by molar-refractivity contribution is 0.578. The lowest BCUT2D eigenvalue weighted by Crippen LogP contribution is -2.29. The SMILES string of the molecule is C=Cc1cnc(-c2nc3ccc(-c4nc5ccc(N6CCCCC6)cc5[nH]4)cc3[nH]2)cc1C=C. The number of imidazole rings is 2. The summed E-state index contributed by atoms with van der Waals surface area (Å²) < 4.78 is 0. The zero-order valence-corrected chi connectivity index (χ0v) is 19.0. The standard InChI is InChI=1S/C28H26N6/c1-3-18-14-26(29-17-19(18)4-2)28-31-22-10-8-20(15-24(22)33-28)27-30-23-11-9-21(16-25(23)32-27)34-12-6-5-7-13-34/h3-4,8-11,14-17H,1-2,5-7,12-13H2,(H,30,32)(H,31,33). The van der Waals surface area contributed by atoms with Crippen LogP contribution in [0.2, 0.25) is 0 Å². The molecule has 0 bridgehead atoms. The number of hydrogen-bond acceptors (Lipinski definition) is 4. The molecule has 6 nitrogen and oxygen atoms in total. The van der Waals surface area contributed by atoms with Gasteiger partial charge in [0.05, 0.1) is 22.1 Å². The summed E-state index contributed by atoms with van der Waals surface area (Å²) in [6, 6.07) is 14.7. The summed E-state index contributed by atoms with van der Waals surface area (Å²) in [5.74, 6) is 1.58. The van der Waals surface area contributed by atoms with Crippen molar-refractivity contribution in [1.82, 2.24) is 24.9 Å². The van der Waals surface area contributed by atoms with E-state index in [1.807, 2.05) is 12.1 Å². The van der Waals surface area contributed by atoms with Crippen LogP contribution < -0.4 is 4.90 Å². The second-order valence-electron chi connectivity index (χ2n) is 8.76. The van der Waals surface area contributed by atoms with Gasteiger partial charge in [0.15, 0.2) is 5.82 Å². The van der Waals surface area contributed by atoms with Crippen LogP contribution >= 0.6 is 0 Å². The third-order valence-electron chi connectivity index (χ3n) is 6.59. The number of aromatic amines is 2. The van der Waals surface area contributed by atoms with Crippen molar-refractivity contribution in [1.29, 1.82) is 0 Å². The number of H-pyrrole nitrogens is 2. The number of rotatable bonds is 5. The van der Waals surface area contributed by atoms with Crippen LogP contribution in [-0.2, 0) is 0 Å². The molecule has 0 spiro atoms. The van der Waals surface area contributed by atoms with Crippen LogP contribution in [0.25, 0.3) is 57.1 Å². The van der Waals surface area contributed by atoms with E-state index in [1.165, 1.54) is 24.9 Å². The van der Waals surface area contributed by atoms with E-state index in [2.05, 4.69) is 63.3 Å². The molecule has 1 saturated heterocycles. The summed E-state index contributed by atoms with van der Waals surface area (Å²) in [6.07, 6.45) is 9.24. The van der Waals surface area contributed by atoms with Gasteiger partial charge in [0, 0.05) is 30.5 Å². The van der Waals surface area contributed by atoms with Gasteiger partial charge >= 0.3 is 0 Å². The van der Waals surface area contributed by atoms with E-state index in [1.54, 1.807) is 18.3 Å². The molecule has 1 fully saturated rings. The molecule has 0 atom stereocenters. The summed E-state index contributed by atoms with van der Waals surface area (Å²) in [7, 11) is 0. The number of fused-ring (bicyclic) bond motifs is 2. The first kappa shape index (κ1) is 20.4. The molecule has 0 aliphatic carbocycles. The average Bonchev–Trinajstić information content (AvgIpc) is 3.52. The topological polar surface area (TPSA) is 73.5 Å². The smallest absolute Gasteiger partial charge is 0.157 e. The lowest BCUT2D eigenvalue weighted by Gasteiger charge is -2.28. The number of nitrogens with zero attached hydrogens (tertiary/aromatic N) is 4. The van der Waals surface area contributed by atoms with Crippen molar-refractivity contribution in [3.05, 3.63) is 72.9 Å². The van der Waals surface area contributed by atoms with Crippen molar-refractivity contribution in [3.63, 3.8) is 0 Å². The molecule has 0 amide bonds. The number of piperidine rings is 1. The quantitative estimate of drug-likeness (QED) is 0.326. The normalized spacial score (nSPS) is 14.1. The highest BCUT2D eigenvalue weighted by atomic mass is 15.1. The van der Waals surface area contributed by atoms with Gasteiger partial charge in [-0.3, -0.25) is 4.98 Å². The Balaban J connectivity index is 1.34. The number of benzene rings is 2. The average molecular weight is 447 g/mol. The van der Waals surface area contributed by atoms with Crippen LogP contribution in [0.5, 0.6) is 0 Å². The predicted molar refractivity (Wildman–Crippen MR) is 141 cm³/mol. The van der Waals surface area contributed by atoms with Crippen molar-refractivity contribution in [3.8, 4) is 22.9 Å². The maximum atomic E-state index is 4.84. The molecule has 1 aliphatic heterocycles. The van der Waals surface area contributed by atoms with E-state index in [0.29, 0.717) is 0 Å². The van der Waals surface area contributed by atoms with Gasteiger partial charge in [-0.1, -0.05) is 25.3 Å². The Bertz CT molecular complexity index is 1530. The number of nitrogens with one attached hydrogen (secondary N) is 2. The molecule has 168 valence electrons. The van der Waals surface area contributed by atoms with Gasteiger partial charge in [0.1, 0.15) is 11.5 Å². The zero-order chi connectivity index (χ0) is 23.1. The molecule has 2 N–H and O–H groups in total.